The maximum atomic E-state index is 12.2. The zero-order valence-electron chi connectivity index (χ0n) is 15.8. The van der Waals surface area contributed by atoms with Crippen molar-refractivity contribution in [2.45, 2.75) is 39.3 Å². The third kappa shape index (κ3) is 3.98. The van der Waals surface area contributed by atoms with E-state index in [1.54, 1.807) is 26.1 Å². The van der Waals surface area contributed by atoms with E-state index in [2.05, 4.69) is 16.8 Å². The van der Waals surface area contributed by atoms with E-state index in [1.807, 2.05) is 25.1 Å². The minimum absolute atomic E-state index is 0.0631. The van der Waals surface area contributed by atoms with Crippen LogP contribution in [0.1, 0.15) is 29.7 Å². The Bertz CT molecular complexity index is 589. The maximum Gasteiger partial charge on any atom is 0.319 e. The van der Waals surface area contributed by atoms with Crippen molar-refractivity contribution >= 4 is 6.03 Å². The number of carbonyl (C=O) groups is 1. The molecule has 2 amide bonds. The van der Waals surface area contributed by atoms with Gasteiger partial charge in [0.1, 0.15) is 5.75 Å². The Hall–Kier alpha value is -1.82. The molecule has 1 atom stereocenters. The van der Waals surface area contributed by atoms with Gasteiger partial charge in [-0.05, 0) is 33.2 Å². The SMILES string of the molecule is COc1c(C)cnc(CN2CCCC(N(C)C(=O)N(C)C)C2)c1C. The van der Waals surface area contributed by atoms with Crippen molar-refractivity contribution < 1.29 is 9.53 Å². The third-order valence-electron chi connectivity index (χ3n) is 4.84. The highest BCUT2D eigenvalue weighted by molar-refractivity contribution is 5.73. The van der Waals surface area contributed by atoms with E-state index in [0.29, 0.717) is 0 Å². The van der Waals surface area contributed by atoms with Gasteiger partial charge in [0.05, 0.1) is 12.8 Å². The Kier molecular flexibility index (Phi) is 6.04. The van der Waals surface area contributed by atoms with Crippen molar-refractivity contribution in [2.75, 3.05) is 41.3 Å². The van der Waals surface area contributed by atoms with E-state index < -0.39 is 0 Å². The van der Waals surface area contributed by atoms with Gasteiger partial charge in [0.15, 0.2) is 0 Å². The first-order valence-corrected chi connectivity index (χ1v) is 8.50. The van der Waals surface area contributed by atoms with E-state index in [0.717, 1.165) is 55.0 Å². The van der Waals surface area contributed by atoms with E-state index in [9.17, 15) is 4.79 Å². The molecule has 0 N–H and O–H groups in total. The highest BCUT2D eigenvalue weighted by atomic mass is 16.5. The average molecular weight is 334 g/mol. The summed E-state index contributed by atoms with van der Waals surface area (Å²) in [7, 11) is 7.20. The van der Waals surface area contributed by atoms with Crippen molar-refractivity contribution in [3.8, 4) is 5.75 Å². The van der Waals surface area contributed by atoms with Crippen LogP contribution in [0.15, 0.2) is 6.20 Å². The van der Waals surface area contributed by atoms with Crippen LogP contribution in [-0.4, -0.2) is 73.1 Å². The molecule has 0 spiro atoms. The summed E-state index contributed by atoms with van der Waals surface area (Å²) in [5, 5.41) is 0. The molecule has 134 valence electrons. The highest BCUT2D eigenvalue weighted by Gasteiger charge is 2.27. The number of likely N-dealkylation sites (tertiary alicyclic amines) is 1. The molecule has 0 aliphatic carbocycles. The topological polar surface area (TPSA) is 48.9 Å². The van der Waals surface area contributed by atoms with Crippen LogP contribution in [-0.2, 0) is 6.54 Å². The predicted molar refractivity (Wildman–Crippen MR) is 95.4 cm³/mol. The van der Waals surface area contributed by atoms with Crippen molar-refractivity contribution in [3.05, 3.63) is 23.0 Å². The van der Waals surface area contributed by atoms with E-state index in [-0.39, 0.29) is 12.1 Å². The predicted octanol–water partition coefficient (Wildman–Crippen LogP) is 2.28. The number of methoxy groups -OCH3 is 1. The number of hydrogen-bond acceptors (Lipinski definition) is 4. The van der Waals surface area contributed by atoms with Gasteiger partial charge >= 0.3 is 6.03 Å². The first-order valence-electron chi connectivity index (χ1n) is 8.50. The number of urea groups is 1. The van der Waals surface area contributed by atoms with E-state index in [1.165, 1.54) is 0 Å². The molecule has 1 aliphatic heterocycles. The summed E-state index contributed by atoms with van der Waals surface area (Å²) in [4.78, 5) is 22.7. The summed E-state index contributed by atoms with van der Waals surface area (Å²) < 4.78 is 5.51. The molecule has 2 heterocycles. The normalized spacial score (nSPS) is 18.3. The number of pyridine rings is 1. The molecule has 1 unspecified atom stereocenters. The van der Waals surface area contributed by atoms with Crippen LogP contribution in [0.2, 0.25) is 0 Å². The van der Waals surface area contributed by atoms with Crippen LogP contribution in [0.5, 0.6) is 5.75 Å². The Morgan fingerprint density at radius 2 is 2.08 bits per heavy atom. The van der Waals surface area contributed by atoms with Crippen molar-refractivity contribution in [3.63, 3.8) is 0 Å². The molecule has 0 radical (unpaired) electrons. The van der Waals surface area contributed by atoms with Crippen LogP contribution in [0.3, 0.4) is 0 Å². The summed E-state index contributed by atoms with van der Waals surface area (Å²) in [6, 6.07) is 0.314. The number of aryl methyl sites for hydroxylation is 1. The first-order chi connectivity index (χ1) is 11.3. The number of amides is 2. The van der Waals surface area contributed by atoms with Crippen molar-refractivity contribution in [2.24, 2.45) is 0 Å². The molecule has 1 aliphatic rings. The fourth-order valence-corrected chi connectivity index (χ4v) is 3.40. The molecule has 1 saturated heterocycles. The fraction of sp³-hybridized carbons (Fsp3) is 0.667. The van der Waals surface area contributed by atoms with Crippen molar-refractivity contribution in [1.82, 2.24) is 19.7 Å². The van der Waals surface area contributed by atoms with Crippen LogP contribution in [0.4, 0.5) is 4.79 Å². The van der Waals surface area contributed by atoms with Crippen LogP contribution in [0.25, 0.3) is 0 Å². The molecule has 1 fully saturated rings. The van der Waals surface area contributed by atoms with E-state index >= 15 is 0 Å². The van der Waals surface area contributed by atoms with Gasteiger partial charge in [0.25, 0.3) is 0 Å². The molecular weight excluding hydrogens is 304 g/mol. The number of ether oxygens (including phenoxy) is 1. The molecule has 0 aromatic carbocycles. The zero-order chi connectivity index (χ0) is 17.9. The summed E-state index contributed by atoms with van der Waals surface area (Å²) in [5.74, 6) is 0.925. The van der Waals surface area contributed by atoms with Gasteiger partial charge in [-0.2, -0.15) is 0 Å². The molecule has 1 aromatic rings. The van der Waals surface area contributed by atoms with Crippen LogP contribution >= 0.6 is 0 Å². The van der Waals surface area contributed by atoms with Gasteiger partial charge in [-0.25, -0.2) is 4.79 Å². The largest absolute Gasteiger partial charge is 0.496 e. The smallest absolute Gasteiger partial charge is 0.319 e. The van der Waals surface area contributed by atoms with Gasteiger partial charge in [-0.15, -0.1) is 0 Å². The number of piperidine rings is 1. The quantitative estimate of drug-likeness (QED) is 0.848. The van der Waals surface area contributed by atoms with E-state index in [4.69, 9.17) is 4.74 Å². The molecule has 0 saturated carbocycles. The van der Waals surface area contributed by atoms with Crippen molar-refractivity contribution in [1.29, 1.82) is 0 Å². The summed E-state index contributed by atoms with van der Waals surface area (Å²) in [5.41, 5.74) is 3.23. The first kappa shape index (κ1) is 18.5. The monoisotopic (exact) mass is 334 g/mol. The molecule has 2 rings (SSSR count). The second kappa shape index (κ2) is 7.83. The Labute approximate surface area is 145 Å². The summed E-state index contributed by atoms with van der Waals surface area (Å²) in [6.07, 6.45) is 4.03. The van der Waals surface area contributed by atoms with Crippen LogP contribution < -0.4 is 4.74 Å². The van der Waals surface area contributed by atoms with Gasteiger partial charge < -0.3 is 14.5 Å². The maximum absolute atomic E-state index is 12.2. The zero-order valence-corrected chi connectivity index (χ0v) is 15.8. The molecule has 1 aromatic heterocycles. The highest BCUT2D eigenvalue weighted by Crippen LogP contribution is 2.26. The van der Waals surface area contributed by atoms with Gasteiger partial charge in [-0.1, -0.05) is 0 Å². The number of carbonyl (C=O) groups excluding carboxylic acids is 1. The lowest BCUT2D eigenvalue weighted by molar-refractivity contribution is 0.109. The fourth-order valence-electron chi connectivity index (χ4n) is 3.40. The lowest BCUT2D eigenvalue weighted by Gasteiger charge is -2.38. The molecule has 0 bridgehead atoms. The molecule has 6 heteroatoms. The second-order valence-electron chi connectivity index (χ2n) is 6.87. The van der Waals surface area contributed by atoms with Crippen LogP contribution in [0, 0.1) is 13.8 Å². The third-order valence-corrected chi connectivity index (χ3v) is 4.84. The second-order valence-corrected chi connectivity index (χ2v) is 6.87. The number of hydrogen-bond donors (Lipinski definition) is 0. The van der Waals surface area contributed by atoms with Gasteiger partial charge in [0, 0.05) is 57.6 Å². The Balaban J connectivity index is 2.07. The minimum Gasteiger partial charge on any atom is -0.496 e. The summed E-state index contributed by atoms with van der Waals surface area (Å²) in [6.45, 7) is 6.80. The summed E-state index contributed by atoms with van der Waals surface area (Å²) >= 11 is 0. The lowest BCUT2D eigenvalue weighted by atomic mass is 10.0. The Morgan fingerprint density at radius 1 is 1.38 bits per heavy atom. The van der Waals surface area contributed by atoms with Gasteiger partial charge in [-0.3, -0.25) is 9.88 Å². The number of nitrogens with zero attached hydrogens (tertiary/aromatic N) is 4. The number of rotatable bonds is 4. The average Bonchev–Trinajstić information content (AvgIpc) is 2.56. The lowest BCUT2D eigenvalue weighted by Crippen LogP contribution is -2.50. The molecular formula is C18H30N4O2. The Morgan fingerprint density at radius 3 is 2.71 bits per heavy atom. The minimum atomic E-state index is 0.0631. The number of aromatic nitrogens is 1. The number of likely N-dealkylation sites (N-methyl/N-ethyl adjacent to an activating group) is 1. The van der Waals surface area contributed by atoms with Gasteiger partial charge in [0.2, 0.25) is 0 Å². The molecule has 6 nitrogen and oxygen atoms in total. The standard InChI is InChI=1S/C18H30N4O2/c1-13-10-19-16(14(2)17(13)24-6)12-22-9-7-8-15(11-22)21(5)18(23)20(3)4/h10,15H,7-9,11-12H2,1-6H3. The molecule has 24 heavy (non-hydrogen) atoms.